The van der Waals surface area contributed by atoms with Crippen molar-refractivity contribution in [2.24, 2.45) is 16.1 Å². The van der Waals surface area contributed by atoms with Gasteiger partial charge in [-0.3, -0.25) is 9.81 Å². The summed E-state index contributed by atoms with van der Waals surface area (Å²) in [6, 6.07) is 10.5. The third-order valence-corrected chi connectivity index (χ3v) is 6.03. The molecule has 2 aromatic heterocycles. The predicted molar refractivity (Wildman–Crippen MR) is 137 cm³/mol. The van der Waals surface area contributed by atoms with Gasteiger partial charge in [0, 0.05) is 11.3 Å². The number of hydrogen-bond acceptors (Lipinski definition) is 6. The lowest BCUT2D eigenvalue weighted by Crippen LogP contribution is -2.34. The van der Waals surface area contributed by atoms with Gasteiger partial charge in [0.15, 0.2) is 11.5 Å². The molecule has 10 heteroatoms. The quantitative estimate of drug-likeness (QED) is 0.351. The van der Waals surface area contributed by atoms with E-state index in [-0.39, 0.29) is 30.0 Å². The molecule has 0 spiro atoms. The topological polar surface area (TPSA) is 140 Å². The Hall–Kier alpha value is -3.95. The molecule has 2 heterocycles. The van der Waals surface area contributed by atoms with Gasteiger partial charge in [0.2, 0.25) is 0 Å². The van der Waals surface area contributed by atoms with Crippen LogP contribution in [0.1, 0.15) is 82.5 Å². The van der Waals surface area contributed by atoms with Crippen molar-refractivity contribution in [3.8, 4) is 5.75 Å². The van der Waals surface area contributed by atoms with E-state index in [0.29, 0.717) is 12.8 Å². The maximum Gasteiger partial charge on any atom is 0.346 e. The summed E-state index contributed by atoms with van der Waals surface area (Å²) in [4.78, 5) is 16.3. The van der Waals surface area contributed by atoms with Crippen molar-refractivity contribution in [1.29, 1.82) is 5.41 Å². The van der Waals surface area contributed by atoms with E-state index in [2.05, 4.69) is 34.4 Å². The molecule has 0 bridgehead atoms. The molecule has 36 heavy (non-hydrogen) atoms. The fraction of sp³-hybridized carbons (Fsp3) is 0.423. The van der Waals surface area contributed by atoms with Gasteiger partial charge < -0.3 is 20.5 Å². The van der Waals surface area contributed by atoms with Crippen LogP contribution < -0.4 is 15.8 Å². The number of benzene rings is 1. The molecule has 1 aliphatic carbocycles. The molecule has 4 rings (SSSR count). The zero-order chi connectivity index (χ0) is 26.0. The van der Waals surface area contributed by atoms with Gasteiger partial charge in [0.05, 0.1) is 12.2 Å². The minimum Gasteiger partial charge on any atom is -0.484 e. The van der Waals surface area contributed by atoms with Crippen LogP contribution in [0.25, 0.3) is 5.65 Å². The fourth-order valence-corrected chi connectivity index (χ4v) is 4.10. The number of nitrogens with zero attached hydrogens (tertiary/aromatic N) is 4. The van der Waals surface area contributed by atoms with E-state index in [4.69, 9.17) is 20.6 Å². The van der Waals surface area contributed by atoms with Gasteiger partial charge in [0.25, 0.3) is 6.02 Å². The fourth-order valence-electron chi connectivity index (χ4n) is 4.10. The van der Waals surface area contributed by atoms with E-state index in [0.717, 1.165) is 28.3 Å². The van der Waals surface area contributed by atoms with Crippen LogP contribution in [-0.4, -0.2) is 32.5 Å². The van der Waals surface area contributed by atoms with E-state index in [1.54, 1.807) is 0 Å². The van der Waals surface area contributed by atoms with E-state index in [9.17, 15) is 4.79 Å². The highest BCUT2D eigenvalue weighted by molar-refractivity contribution is 5.96. The van der Waals surface area contributed by atoms with Gasteiger partial charge in [-0.1, -0.05) is 58.9 Å². The summed E-state index contributed by atoms with van der Waals surface area (Å²) >= 11 is 0. The van der Waals surface area contributed by atoms with Crippen molar-refractivity contribution >= 4 is 23.6 Å². The minimum atomic E-state index is -0.618. The summed E-state index contributed by atoms with van der Waals surface area (Å²) < 4.78 is 13.6. The molecule has 0 saturated heterocycles. The van der Waals surface area contributed by atoms with Crippen molar-refractivity contribution in [3.05, 3.63) is 59.5 Å². The molecule has 4 N–H and O–H groups in total. The van der Waals surface area contributed by atoms with Crippen LogP contribution in [0.4, 0.5) is 4.79 Å². The number of ether oxygens (including phenoxy) is 2. The summed E-state index contributed by atoms with van der Waals surface area (Å²) in [5, 5.41) is 19.3. The van der Waals surface area contributed by atoms with Crippen LogP contribution in [0.15, 0.2) is 47.6 Å². The van der Waals surface area contributed by atoms with E-state index < -0.39 is 11.4 Å². The van der Waals surface area contributed by atoms with Gasteiger partial charge in [0.1, 0.15) is 17.7 Å². The largest absolute Gasteiger partial charge is 0.484 e. The highest BCUT2D eigenvalue weighted by Crippen LogP contribution is 2.39. The number of carbonyl (C=O) groups excluding carboxylic acids is 1. The number of fused-ring (bicyclic) bond motifs is 2. The molecule has 1 aliphatic rings. The van der Waals surface area contributed by atoms with Gasteiger partial charge in [-0.05, 0) is 36.1 Å². The van der Waals surface area contributed by atoms with Gasteiger partial charge in [-0.25, -0.2) is 4.79 Å². The van der Waals surface area contributed by atoms with Gasteiger partial charge in [-0.15, -0.1) is 15.2 Å². The van der Waals surface area contributed by atoms with E-state index >= 15 is 0 Å². The Morgan fingerprint density at radius 3 is 2.58 bits per heavy atom. The molecule has 0 radical (unpaired) electrons. The lowest BCUT2D eigenvalue weighted by Gasteiger charge is -2.32. The maximum atomic E-state index is 12.5. The molecular formula is C26H33N7O3. The Bertz CT molecular complexity index is 1310. The second-order valence-electron chi connectivity index (χ2n) is 10.3. The number of rotatable bonds is 4. The van der Waals surface area contributed by atoms with Crippen molar-refractivity contribution in [2.75, 3.05) is 0 Å². The highest BCUT2D eigenvalue weighted by atomic mass is 16.5. The number of urea groups is 1. The molecular weight excluding hydrogens is 458 g/mol. The number of amides is 2. The molecule has 0 aliphatic heterocycles. The van der Waals surface area contributed by atoms with Crippen molar-refractivity contribution < 1.29 is 14.3 Å². The molecule has 2 atom stereocenters. The lowest BCUT2D eigenvalue weighted by atomic mass is 9.85. The maximum absolute atomic E-state index is 12.5. The minimum absolute atomic E-state index is 0.0651. The molecule has 1 aromatic carbocycles. The number of aliphatic imine (C=N–C) groups is 1. The Morgan fingerprint density at radius 2 is 1.89 bits per heavy atom. The summed E-state index contributed by atoms with van der Waals surface area (Å²) in [7, 11) is 0. The number of nitrogens with two attached hydrogens (primary N) is 1. The molecule has 0 unspecified atom stereocenters. The SMILES string of the molecule is CC(C)c1nnc2ccc(O[C@H]3CC[C@H](NC(=O)N=C(N)OC(=N)C(C)(C)C)c4ccccc43)cn12. The van der Waals surface area contributed by atoms with Crippen molar-refractivity contribution in [3.63, 3.8) is 0 Å². The average Bonchev–Trinajstić information content (AvgIpc) is 3.23. The van der Waals surface area contributed by atoms with Crippen molar-refractivity contribution in [2.45, 2.75) is 65.5 Å². The first-order valence-corrected chi connectivity index (χ1v) is 12.0. The summed E-state index contributed by atoms with van der Waals surface area (Å²) in [5.41, 5.74) is 7.94. The van der Waals surface area contributed by atoms with E-state index in [1.807, 2.05) is 67.8 Å². The molecule has 0 fully saturated rings. The first-order chi connectivity index (χ1) is 17.0. The standard InChI is InChI=1S/C26H33N7O3/c1-15(2)22-32-31-21-13-10-16(14-33(21)22)35-20-12-11-19(17-8-6-7-9-18(17)20)29-25(34)30-24(28)36-23(27)26(3,4)5/h6-10,13-15,19-20,27H,11-12H2,1-5H3,(H3,28,29,30,34)/t19-,20-/m0/s1. The number of aromatic nitrogens is 3. The number of amidine groups is 1. The summed E-state index contributed by atoms with van der Waals surface area (Å²) in [6.45, 7) is 9.60. The van der Waals surface area contributed by atoms with Crippen LogP contribution in [0.3, 0.4) is 0 Å². The lowest BCUT2D eigenvalue weighted by molar-refractivity contribution is 0.171. The molecule has 3 aromatic rings. The third-order valence-electron chi connectivity index (χ3n) is 6.03. The Morgan fingerprint density at radius 1 is 1.17 bits per heavy atom. The molecule has 190 valence electrons. The number of carbonyl (C=O) groups is 1. The second-order valence-corrected chi connectivity index (χ2v) is 10.3. The van der Waals surface area contributed by atoms with Gasteiger partial charge in [-0.2, -0.15) is 0 Å². The normalized spacial score (nSPS) is 18.1. The predicted octanol–water partition coefficient (Wildman–Crippen LogP) is 4.87. The molecule has 0 saturated carbocycles. The van der Waals surface area contributed by atoms with Crippen LogP contribution in [0.2, 0.25) is 0 Å². The Balaban J connectivity index is 1.49. The van der Waals surface area contributed by atoms with Gasteiger partial charge >= 0.3 is 6.03 Å². The zero-order valence-corrected chi connectivity index (χ0v) is 21.3. The third kappa shape index (κ3) is 5.48. The molecule has 10 nitrogen and oxygen atoms in total. The Labute approximate surface area is 210 Å². The first kappa shape index (κ1) is 25.2. The average molecular weight is 492 g/mol. The highest BCUT2D eigenvalue weighted by Gasteiger charge is 2.30. The smallest absolute Gasteiger partial charge is 0.346 e. The van der Waals surface area contributed by atoms with E-state index in [1.165, 1.54) is 0 Å². The second kappa shape index (κ2) is 9.96. The molecule has 2 amide bonds. The zero-order valence-electron chi connectivity index (χ0n) is 21.3. The monoisotopic (exact) mass is 491 g/mol. The number of pyridine rings is 1. The first-order valence-electron chi connectivity index (χ1n) is 12.0. The van der Waals surface area contributed by atoms with Crippen LogP contribution in [0.5, 0.6) is 5.75 Å². The number of nitrogens with one attached hydrogen (secondary N) is 2. The van der Waals surface area contributed by atoms with Crippen LogP contribution in [0, 0.1) is 10.8 Å². The van der Waals surface area contributed by atoms with Crippen LogP contribution >= 0.6 is 0 Å². The summed E-state index contributed by atoms with van der Waals surface area (Å²) in [5.74, 6) is 1.77. The summed E-state index contributed by atoms with van der Waals surface area (Å²) in [6.07, 6.45) is 3.11. The Kier molecular flexibility index (Phi) is 6.96. The van der Waals surface area contributed by atoms with Crippen LogP contribution in [-0.2, 0) is 4.74 Å². The van der Waals surface area contributed by atoms with Crippen molar-refractivity contribution in [1.82, 2.24) is 19.9 Å². The number of hydrogen-bond donors (Lipinski definition) is 3.